The summed E-state index contributed by atoms with van der Waals surface area (Å²) in [6.45, 7) is 3.92. The highest BCUT2D eigenvalue weighted by Crippen LogP contribution is 2.12. The van der Waals surface area contributed by atoms with Crippen molar-refractivity contribution in [1.82, 2.24) is 15.2 Å². The fourth-order valence-corrected chi connectivity index (χ4v) is 2.30. The maximum Gasteiger partial charge on any atom is 0.251 e. The highest BCUT2D eigenvalue weighted by atomic mass is 16.1. The van der Waals surface area contributed by atoms with E-state index in [1.165, 1.54) is 0 Å². The predicted octanol–water partition coefficient (Wildman–Crippen LogP) is 0.364. The number of aryl methyl sites for hydroxylation is 1. The lowest BCUT2D eigenvalue weighted by Gasteiger charge is -2.14. The van der Waals surface area contributed by atoms with Crippen LogP contribution in [0.4, 0.5) is 5.82 Å². The first-order valence-electron chi connectivity index (χ1n) is 6.59. The maximum absolute atomic E-state index is 12.2. The molecule has 2 heterocycles. The molecule has 1 aromatic heterocycles. The van der Waals surface area contributed by atoms with E-state index in [0.717, 1.165) is 31.6 Å². The van der Waals surface area contributed by atoms with Crippen LogP contribution in [-0.2, 0) is 6.42 Å². The molecular formula is C13H21N5O. The number of nitrogen functional groups attached to an aromatic ring is 1. The van der Waals surface area contributed by atoms with Crippen LogP contribution in [-0.4, -0.2) is 42.0 Å². The van der Waals surface area contributed by atoms with Gasteiger partial charge < -0.3 is 15.6 Å². The summed E-state index contributed by atoms with van der Waals surface area (Å²) in [5.41, 5.74) is 3.96. The van der Waals surface area contributed by atoms with Crippen molar-refractivity contribution in [3.63, 3.8) is 0 Å². The quantitative estimate of drug-likeness (QED) is 0.540. The van der Waals surface area contributed by atoms with Gasteiger partial charge in [-0.3, -0.25) is 4.79 Å². The third-order valence-corrected chi connectivity index (χ3v) is 3.38. The maximum atomic E-state index is 12.2. The number of anilines is 1. The lowest BCUT2D eigenvalue weighted by molar-refractivity contribution is 0.0938. The molecule has 4 N–H and O–H groups in total. The molecule has 1 fully saturated rings. The molecule has 6 heteroatoms. The molecule has 1 amide bonds. The summed E-state index contributed by atoms with van der Waals surface area (Å²) in [6.07, 6.45) is 1.76. The number of nitrogens with one attached hydrogen (secondary N) is 2. The van der Waals surface area contributed by atoms with E-state index in [1.54, 1.807) is 6.07 Å². The molecule has 0 saturated carbocycles. The molecule has 1 aromatic rings. The highest BCUT2D eigenvalue weighted by molar-refractivity contribution is 5.95. The summed E-state index contributed by atoms with van der Waals surface area (Å²) in [5.74, 6) is 5.83. The van der Waals surface area contributed by atoms with Crippen LogP contribution >= 0.6 is 0 Å². The van der Waals surface area contributed by atoms with E-state index in [2.05, 4.69) is 27.7 Å². The first kappa shape index (κ1) is 13.8. The van der Waals surface area contributed by atoms with Gasteiger partial charge in [-0.05, 0) is 38.6 Å². The van der Waals surface area contributed by atoms with Crippen molar-refractivity contribution >= 4 is 11.7 Å². The minimum atomic E-state index is -0.0612. The van der Waals surface area contributed by atoms with Gasteiger partial charge in [0.1, 0.15) is 5.82 Å². The monoisotopic (exact) mass is 263 g/mol. The molecule has 0 aromatic carbocycles. The number of likely N-dealkylation sites (N-methyl/N-ethyl adjacent to an activating group) is 1. The first-order chi connectivity index (χ1) is 9.12. The number of nitrogens with two attached hydrogens (primary N) is 1. The number of nitrogens with zero attached hydrogens (tertiary/aromatic N) is 2. The fraction of sp³-hybridized carbons (Fsp3) is 0.538. The van der Waals surface area contributed by atoms with Gasteiger partial charge in [0.05, 0.1) is 0 Å². The van der Waals surface area contributed by atoms with E-state index in [1.807, 2.05) is 13.0 Å². The Bertz CT molecular complexity index is 440. The standard InChI is InChI=1S/C13H21N5O/c1-3-10-6-9(7-12(15-10)17-14)13(19)16-11-4-5-18(2)8-11/h6-7,11H,3-5,8,14H2,1-2H3,(H,15,17)(H,16,19). The normalized spacial score (nSPS) is 19.4. The van der Waals surface area contributed by atoms with Crippen LogP contribution in [0.25, 0.3) is 0 Å². The molecule has 1 saturated heterocycles. The molecule has 2 rings (SSSR count). The molecule has 6 nitrogen and oxygen atoms in total. The van der Waals surface area contributed by atoms with Gasteiger partial charge in [-0.1, -0.05) is 6.92 Å². The van der Waals surface area contributed by atoms with Gasteiger partial charge in [0.15, 0.2) is 0 Å². The molecule has 1 unspecified atom stereocenters. The van der Waals surface area contributed by atoms with E-state index < -0.39 is 0 Å². The lowest BCUT2D eigenvalue weighted by Crippen LogP contribution is -2.36. The number of carbonyl (C=O) groups is 1. The molecule has 1 atom stereocenters. The van der Waals surface area contributed by atoms with Crippen LogP contribution < -0.4 is 16.6 Å². The average Bonchev–Trinajstić information content (AvgIpc) is 2.83. The summed E-state index contributed by atoms with van der Waals surface area (Å²) in [6, 6.07) is 3.71. The summed E-state index contributed by atoms with van der Waals surface area (Å²) in [7, 11) is 2.06. The first-order valence-corrected chi connectivity index (χ1v) is 6.59. The SMILES string of the molecule is CCc1cc(C(=O)NC2CCN(C)C2)cc(NN)n1. The Kier molecular flexibility index (Phi) is 4.34. The second kappa shape index (κ2) is 5.99. The molecular weight excluding hydrogens is 242 g/mol. The second-order valence-electron chi connectivity index (χ2n) is 4.95. The Hall–Kier alpha value is -1.66. The minimum absolute atomic E-state index is 0.0612. The van der Waals surface area contributed by atoms with Gasteiger partial charge in [0.25, 0.3) is 5.91 Å². The summed E-state index contributed by atoms with van der Waals surface area (Å²) in [4.78, 5) is 18.7. The Morgan fingerprint density at radius 3 is 2.95 bits per heavy atom. The molecule has 19 heavy (non-hydrogen) atoms. The number of pyridine rings is 1. The van der Waals surface area contributed by atoms with E-state index in [4.69, 9.17) is 5.84 Å². The van der Waals surface area contributed by atoms with Gasteiger partial charge in [0, 0.05) is 23.8 Å². The van der Waals surface area contributed by atoms with Crippen LogP contribution in [0.15, 0.2) is 12.1 Å². The summed E-state index contributed by atoms with van der Waals surface area (Å²) < 4.78 is 0. The third-order valence-electron chi connectivity index (χ3n) is 3.38. The number of likely N-dealkylation sites (tertiary alicyclic amines) is 1. The molecule has 0 radical (unpaired) electrons. The highest BCUT2D eigenvalue weighted by Gasteiger charge is 2.21. The van der Waals surface area contributed by atoms with Gasteiger partial charge >= 0.3 is 0 Å². The molecule has 1 aliphatic heterocycles. The summed E-state index contributed by atoms with van der Waals surface area (Å²) >= 11 is 0. The lowest BCUT2D eigenvalue weighted by atomic mass is 10.1. The van der Waals surface area contributed by atoms with Crippen molar-refractivity contribution in [1.29, 1.82) is 0 Å². The fourth-order valence-electron chi connectivity index (χ4n) is 2.30. The largest absolute Gasteiger partial charge is 0.348 e. The minimum Gasteiger partial charge on any atom is -0.348 e. The van der Waals surface area contributed by atoms with Crippen LogP contribution in [0.2, 0.25) is 0 Å². The Morgan fingerprint density at radius 1 is 1.58 bits per heavy atom. The zero-order valence-corrected chi connectivity index (χ0v) is 11.4. The van der Waals surface area contributed by atoms with Crippen molar-refractivity contribution in [3.8, 4) is 0 Å². The second-order valence-corrected chi connectivity index (χ2v) is 4.95. The zero-order chi connectivity index (χ0) is 13.8. The van der Waals surface area contributed by atoms with Crippen LogP contribution in [0, 0.1) is 0 Å². The van der Waals surface area contributed by atoms with Crippen molar-refractivity contribution < 1.29 is 4.79 Å². The third kappa shape index (κ3) is 3.42. The number of rotatable bonds is 4. The Balaban J connectivity index is 2.09. The van der Waals surface area contributed by atoms with E-state index in [-0.39, 0.29) is 11.9 Å². The predicted molar refractivity (Wildman–Crippen MR) is 74.8 cm³/mol. The molecule has 0 spiro atoms. The van der Waals surface area contributed by atoms with Crippen LogP contribution in [0.3, 0.4) is 0 Å². The molecule has 1 aliphatic rings. The smallest absolute Gasteiger partial charge is 0.251 e. The average molecular weight is 263 g/mol. The number of hydrogen-bond donors (Lipinski definition) is 3. The Labute approximate surface area is 113 Å². The topological polar surface area (TPSA) is 83.3 Å². The van der Waals surface area contributed by atoms with Crippen molar-refractivity contribution in [3.05, 3.63) is 23.4 Å². The molecule has 0 bridgehead atoms. The van der Waals surface area contributed by atoms with Crippen molar-refractivity contribution in [2.75, 3.05) is 25.6 Å². The summed E-state index contributed by atoms with van der Waals surface area (Å²) in [5, 5.41) is 3.05. The van der Waals surface area contributed by atoms with Gasteiger partial charge in [-0.15, -0.1) is 0 Å². The Morgan fingerprint density at radius 2 is 2.37 bits per heavy atom. The van der Waals surface area contributed by atoms with Gasteiger partial charge in [-0.25, -0.2) is 10.8 Å². The van der Waals surface area contributed by atoms with Gasteiger partial charge in [-0.2, -0.15) is 0 Å². The van der Waals surface area contributed by atoms with Crippen molar-refractivity contribution in [2.45, 2.75) is 25.8 Å². The van der Waals surface area contributed by atoms with E-state index in [9.17, 15) is 4.79 Å². The van der Waals surface area contributed by atoms with Crippen LogP contribution in [0.1, 0.15) is 29.4 Å². The van der Waals surface area contributed by atoms with E-state index >= 15 is 0 Å². The number of hydrogen-bond acceptors (Lipinski definition) is 5. The molecule has 104 valence electrons. The number of aromatic nitrogens is 1. The number of carbonyl (C=O) groups excluding carboxylic acids is 1. The zero-order valence-electron chi connectivity index (χ0n) is 11.4. The van der Waals surface area contributed by atoms with E-state index in [0.29, 0.717) is 11.4 Å². The van der Waals surface area contributed by atoms with Crippen molar-refractivity contribution in [2.24, 2.45) is 5.84 Å². The molecule has 0 aliphatic carbocycles. The van der Waals surface area contributed by atoms with Gasteiger partial charge in [0.2, 0.25) is 0 Å². The number of hydrazine groups is 1. The van der Waals surface area contributed by atoms with Crippen LogP contribution in [0.5, 0.6) is 0 Å². The number of amides is 1.